The average Bonchev–Trinajstić information content (AvgIpc) is 2.77. The lowest BCUT2D eigenvalue weighted by Crippen LogP contribution is -2.45. The standard InChI is InChI=1S/C26H25NO3/c1-20-12-14-21(15-13-20)16-17-25(28)27(19-23-10-6-3-7-11-23)24(26(29)30)18-22-8-4-2-5-9-22/h2-17,24H,18-19H2,1H3,(H,29,30)/t24-/m0/s1. The van der Waals surface area contributed by atoms with Gasteiger partial charge in [0.05, 0.1) is 0 Å². The first-order chi connectivity index (χ1) is 14.5. The molecule has 0 aliphatic carbocycles. The highest BCUT2D eigenvalue weighted by Gasteiger charge is 2.29. The lowest BCUT2D eigenvalue weighted by molar-refractivity contribution is -0.148. The lowest BCUT2D eigenvalue weighted by atomic mass is 10.0. The van der Waals surface area contributed by atoms with Gasteiger partial charge in [0.25, 0.3) is 0 Å². The van der Waals surface area contributed by atoms with Crippen molar-refractivity contribution >= 4 is 18.0 Å². The van der Waals surface area contributed by atoms with Crippen LogP contribution in [0.15, 0.2) is 91.0 Å². The SMILES string of the molecule is Cc1ccc(C=CC(=O)N(Cc2ccccc2)[C@@H](Cc2ccccc2)C(=O)O)cc1. The van der Waals surface area contributed by atoms with Gasteiger partial charge >= 0.3 is 5.97 Å². The summed E-state index contributed by atoms with van der Waals surface area (Å²) >= 11 is 0. The molecule has 0 aliphatic rings. The van der Waals surface area contributed by atoms with E-state index in [9.17, 15) is 14.7 Å². The summed E-state index contributed by atoms with van der Waals surface area (Å²) in [5, 5.41) is 9.93. The van der Waals surface area contributed by atoms with Crippen LogP contribution in [0.1, 0.15) is 22.3 Å². The molecule has 0 aliphatic heterocycles. The van der Waals surface area contributed by atoms with Gasteiger partial charge in [-0.25, -0.2) is 4.79 Å². The molecule has 3 aromatic rings. The molecule has 4 heteroatoms. The molecule has 152 valence electrons. The van der Waals surface area contributed by atoms with Crippen LogP contribution in [0.4, 0.5) is 0 Å². The van der Waals surface area contributed by atoms with Gasteiger partial charge in [0.15, 0.2) is 0 Å². The summed E-state index contributed by atoms with van der Waals surface area (Å²) in [7, 11) is 0. The van der Waals surface area contributed by atoms with Gasteiger partial charge in [-0.15, -0.1) is 0 Å². The number of aryl methyl sites for hydroxylation is 1. The number of benzene rings is 3. The molecule has 1 amide bonds. The number of nitrogens with zero attached hydrogens (tertiary/aromatic N) is 1. The average molecular weight is 399 g/mol. The Morgan fingerprint density at radius 1 is 0.867 bits per heavy atom. The maximum absolute atomic E-state index is 13.1. The molecule has 1 N–H and O–H groups in total. The second-order valence-corrected chi connectivity index (χ2v) is 7.24. The van der Waals surface area contributed by atoms with Crippen molar-refractivity contribution < 1.29 is 14.7 Å². The number of hydrogen-bond donors (Lipinski definition) is 1. The fourth-order valence-corrected chi connectivity index (χ4v) is 3.23. The van der Waals surface area contributed by atoms with E-state index in [1.165, 1.54) is 11.0 Å². The number of amides is 1. The Morgan fingerprint density at radius 3 is 2.00 bits per heavy atom. The van der Waals surface area contributed by atoms with Crippen LogP contribution in [-0.4, -0.2) is 27.9 Å². The first kappa shape index (κ1) is 21.1. The molecule has 0 unspecified atom stereocenters. The van der Waals surface area contributed by atoms with Crippen molar-refractivity contribution in [2.45, 2.75) is 25.9 Å². The van der Waals surface area contributed by atoms with E-state index in [4.69, 9.17) is 0 Å². The largest absolute Gasteiger partial charge is 0.480 e. The zero-order valence-electron chi connectivity index (χ0n) is 16.9. The highest BCUT2D eigenvalue weighted by atomic mass is 16.4. The Hall–Kier alpha value is -3.66. The molecule has 0 saturated carbocycles. The summed E-state index contributed by atoms with van der Waals surface area (Å²) in [5.74, 6) is -1.35. The van der Waals surface area contributed by atoms with Crippen LogP contribution in [0.2, 0.25) is 0 Å². The third-order valence-electron chi connectivity index (χ3n) is 4.91. The predicted octanol–water partition coefficient (Wildman–Crippen LogP) is 4.73. The molecule has 0 radical (unpaired) electrons. The highest BCUT2D eigenvalue weighted by Crippen LogP contribution is 2.16. The van der Waals surface area contributed by atoms with Gasteiger partial charge in [0.1, 0.15) is 6.04 Å². The first-order valence-electron chi connectivity index (χ1n) is 9.89. The maximum Gasteiger partial charge on any atom is 0.326 e. The number of hydrogen-bond acceptors (Lipinski definition) is 2. The summed E-state index contributed by atoms with van der Waals surface area (Å²) in [4.78, 5) is 26.7. The summed E-state index contributed by atoms with van der Waals surface area (Å²) in [6, 6.07) is 25.7. The molecule has 30 heavy (non-hydrogen) atoms. The van der Waals surface area contributed by atoms with Crippen molar-refractivity contribution in [3.05, 3.63) is 113 Å². The highest BCUT2D eigenvalue weighted by molar-refractivity contribution is 5.94. The molecular formula is C26H25NO3. The topological polar surface area (TPSA) is 57.6 Å². The van der Waals surface area contributed by atoms with Gasteiger partial charge < -0.3 is 10.0 Å². The van der Waals surface area contributed by atoms with E-state index in [2.05, 4.69) is 0 Å². The van der Waals surface area contributed by atoms with Crippen LogP contribution in [0.25, 0.3) is 6.08 Å². The molecule has 4 nitrogen and oxygen atoms in total. The summed E-state index contributed by atoms with van der Waals surface area (Å²) < 4.78 is 0. The van der Waals surface area contributed by atoms with Crippen molar-refractivity contribution in [1.82, 2.24) is 4.90 Å². The van der Waals surface area contributed by atoms with Gasteiger partial charge in [-0.2, -0.15) is 0 Å². The molecular weight excluding hydrogens is 374 g/mol. The minimum Gasteiger partial charge on any atom is -0.480 e. The van der Waals surface area contributed by atoms with Gasteiger partial charge in [-0.1, -0.05) is 90.5 Å². The van der Waals surface area contributed by atoms with Crippen molar-refractivity contribution in [2.75, 3.05) is 0 Å². The predicted molar refractivity (Wildman–Crippen MR) is 119 cm³/mol. The lowest BCUT2D eigenvalue weighted by Gasteiger charge is -2.28. The summed E-state index contributed by atoms with van der Waals surface area (Å²) in [6.07, 6.45) is 3.42. The number of carbonyl (C=O) groups is 2. The molecule has 3 rings (SSSR count). The second kappa shape index (κ2) is 10.2. The van der Waals surface area contributed by atoms with E-state index in [1.54, 1.807) is 6.08 Å². The molecule has 1 atom stereocenters. The Bertz CT molecular complexity index is 995. The zero-order valence-corrected chi connectivity index (χ0v) is 16.9. The smallest absolute Gasteiger partial charge is 0.326 e. The summed E-state index contributed by atoms with van der Waals surface area (Å²) in [6.45, 7) is 2.23. The van der Waals surface area contributed by atoms with Gasteiger partial charge in [0.2, 0.25) is 5.91 Å². The fourth-order valence-electron chi connectivity index (χ4n) is 3.23. The van der Waals surface area contributed by atoms with Crippen molar-refractivity contribution in [1.29, 1.82) is 0 Å². The number of carboxylic acids is 1. The minimum absolute atomic E-state index is 0.224. The Kier molecular flexibility index (Phi) is 7.17. The fraction of sp³-hybridized carbons (Fsp3) is 0.154. The molecule has 0 aromatic heterocycles. The normalized spacial score (nSPS) is 11.9. The summed E-state index contributed by atoms with van der Waals surface area (Å²) in [5.41, 5.74) is 3.79. The molecule has 0 saturated heterocycles. The quantitative estimate of drug-likeness (QED) is 0.557. The van der Waals surface area contributed by atoms with Crippen LogP contribution in [-0.2, 0) is 22.6 Å². The maximum atomic E-state index is 13.1. The first-order valence-corrected chi connectivity index (χ1v) is 9.89. The van der Waals surface area contributed by atoms with Crippen LogP contribution in [0, 0.1) is 6.92 Å². The van der Waals surface area contributed by atoms with Crippen LogP contribution in [0.5, 0.6) is 0 Å². The number of carboxylic acid groups (broad SMARTS) is 1. The third kappa shape index (κ3) is 5.92. The van der Waals surface area contributed by atoms with E-state index in [0.29, 0.717) is 0 Å². The molecule has 0 fully saturated rings. The van der Waals surface area contributed by atoms with E-state index in [1.807, 2.05) is 91.9 Å². The number of rotatable bonds is 8. The zero-order chi connectivity index (χ0) is 21.3. The number of aliphatic carboxylic acids is 1. The van der Waals surface area contributed by atoms with Gasteiger partial charge in [-0.05, 0) is 29.7 Å². The van der Waals surface area contributed by atoms with Gasteiger partial charge in [-0.3, -0.25) is 4.79 Å². The minimum atomic E-state index is -1.02. The van der Waals surface area contributed by atoms with Crippen LogP contribution >= 0.6 is 0 Å². The van der Waals surface area contributed by atoms with Crippen molar-refractivity contribution in [3.63, 3.8) is 0 Å². The monoisotopic (exact) mass is 399 g/mol. The third-order valence-corrected chi connectivity index (χ3v) is 4.91. The van der Waals surface area contributed by atoms with E-state index >= 15 is 0 Å². The molecule has 0 spiro atoms. The number of carbonyl (C=O) groups excluding carboxylic acids is 1. The van der Waals surface area contributed by atoms with Crippen LogP contribution in [0.3, 0.4) is 0 Å². The van der Waals surface area contributed by atoms with E-state index in [-0.39, 0.29) is 18.9 Å². The van der Waals surface area contributed by atoms with Crippen LogP contribution < -0.4 is 0 Å². The van der Waals surface area contributed by atoms with Crippen molar-refractivity contribution in [3.8, 4) is 0 Å². The molecule has 3 aromatic carbocycles. The van der Waals surface area contributed by atoms with E-state index < -0.39 is 12.0 Å². The Balaban J connectivity index is 1.88. The Morgan fingerprint density at radius 2 is 1.43 bits per heavy atom. The molecule has 0 heterocycles. The molecule has 0 bridgehead atoms. The van der Waals surface area contributed by atoms with Crippen molar-refractivity contribution in [2.24, 2.45) is 0 Å². The Labute approximate surface area is 177 Å². The second-order valence-electron chi connectivity index (χ2n) is 7.24. The van der Waals surface area contributed by atoms with Gasteiger partial charge in [0, 0.05) is 19.0 Å². The van der Waals surface area contributed by atoms with E-state index in [0.717, 1.165) is 22.3 Å².